The number of methoxy groups -OCH3 is 2. The number of fused-ring (bicyclic) bond motifs is 1. The van der Waals surface area contributed by atoms with Crippen LogP contribution < -0.4 is 20.1 Å². The Balaban J connectivity index is 1.21. The third-order valence-corrected chi connectivity index (χ3v) is 8.50. The number of amides is 2. The first-order chi connectivity index (χ1) is 20.0. The minimum atomic E-state index is -0.701. The van der Waals surface area contributed by atoms with Crippen molar-refractivity contribution in [3.8, 4) is 11.5 Å². The van der Waals surface area contributed by atoms with Crippen LogP contribution in [0, 0.1) is 0 Å². The number of aromatic nitrogens is 1. The molecule has 2 aliphatic heterocycles. The Bertz CT molecular complexity index is 1310. The quantitative estimate of drug-likeness (QED) is 0.332. The van der Waals surface area contributed by atoms with E-state index in [4.69, 9.17) is 9.47 Å². The Kier molecular flexibility index (Phi) is 9.80. The Hall–Kier alpha value is -3.56. The van der Waals surface area contributed by atoms with Crippen molar-refractivity contribution >= 4 is 22.7 Å². The molecule has 3 N–H and O–H groups in total. The fourth-order valence-corrected chi connectivity index (χ4v) is 6.20. The number of hydrogen-bond donors (Lipinski definition) is 3. The van der Waals surface area contributed by atoms with Crippen LogP contribution in [0.15, 0.2) is 48.7 Å². The smallest absolute Gasteiger partial charge is 0.243 e. The second kappa shape index (κ2) is 13.9. The minimum Gasteiger partial charge on any atom is -0.493 e. The van der Waals surface area contributed by atoms with Gasteiger partial charge in [-0.25, -0.2) is 0 Å². The molecule has 0 spiro atoms. The Labute approximate surface area is 242 Å². The molecule has 0 bridgehead atoms. The molecule has 3 heterocycles. The number of carbonyl (C=O) groups excluding carboxylic acids is 2. The summed E-state index contributed by atoms with van der Waals surface area (Å²) in [5.41, 5.74) is 2.88. The third kappa shape index (κ3) is 7.40. The Morgan fingerprint density at radius 2 is 1.73 bits per heavy atom. The first-order valence-electron chi connectivity index (χ1n) is 14.8. The van der Waals surface area contributed by atoms with Gasteiger partial charge in [-0.15, -0.1) is 0 Å². The molecule has 2 amide bonds. The number of rotatable bonds is 11. The number of H-pyrrole nitrogens is 1. The predicted molar refractivity (Wildman–Crippen MR) is 160 cm³/mol. The molecule has 2 aliphatic rings. The third-order valence-electron chi connectivity index (χ3n) is 8.50. The summed E-state index contributed by atoms with van der Waals surface area (Å²) < 4.78 is 10.7. The SMILES string of the molecule is COc1ccc(CNC(=O)C(Cc2c[nH]c3ccccc23)NC(=O)CN2CCC(N3CCCCC3)CC2)cc1OC. The molecule has 5 rings (SSSR count). The summed E-state index contributed by atoms with van der Waals surface area (Å²) in [4.78, 5) is 34.9. The highest BCUT2D eigenvalue weighted by molar-refractivity contribution is 5.90. The number of aromatic amines is 1. The van der Waals surface area contributed by atoms with Gasteiger partial charge in [-0.1, -0.05) is 30.7 Å². The van der Waals surface area contributed by atoms with Gasteiger partial charge in [0.05, 0.1) is 20.8 Å². The van der Waals surface area contributed by atoms with E-state index in [2.05, 4.69) is 25.4 Å². The second-order valence-electron chi connectivity index (χ2n) is 11.2. The molecule has 3 aromatic rings. The minimum absolute atomic E-state index is 0.118. The molecule has 0 radical (unpaired) electrons. The standard InChI is InChI=1S/C32H43N5O4/c1-40-29-11-10-23(18-30(29)41-2)20-34-32(39)28(19-24-21-33-27-9-5-4-8-26(24)27)35-31(38)22-36-16-12-25(13-17-36)37-14-6-3-7-15-37/h4-5,8-11,18,21,25,28,33H,3,6-7,12-17,19-20,22H2,1-2H3,(H,34,39)(H,35,38). The number of ether oxygens (including phenoxy) is 2. The van der Waals surface area contributed by atoms with Gasteiger partial charge in [0.1, 0.15) is 6.04 Å². The Morgan fingerprint density at radius 1 is 0.976 bits per heavy atom. The summed E-state index contributed by atoms with van der Waals surface area (Å²) in [6.07, 6.45) is 8.46. The van der Waals surface area contributed by atoms with Crippen molar-refractivity contribution in [1.29, 1.82) is 0 Å². The lowest BCUT2D eigenvalue weighted by Crippen LogP contribution is -2.52. The van der Waals surface area contributed by atoms with E-state index in [-0.39, 0.29) is 11.8 Å². The molecule has 0 aliphatic carbocycles. The number of benzene rings is 2. The normalized spacial score (nSPS) is 17.7. The van der Waals surface area contributed by atoms with Gasteiger partial charge in [-0.3, -0.25) is 14.5 Å². The van der Waals surface area contributed by atoms with Crippen LogP contribution in [0.4, 0.5) is 0 Å². The maximum Gasteiger partial charge on any atom is 0.243 e. The van der Waals surface area contributed by atoms with Crippen molar-refractivity contribution in [2.24, 2.45) is 0 Å². The topological polar surface area (TPSA) is 98.9 Å². The van der Waals surface area contributed by atoms with Crippen molar-refractivity contribution < 1.29 is 19.1 Å². The maximum absolute atomic E-state index is 13.5. The molecule has 2 saturated heterocycles. The van der Waals surface area contributed by atoms with Crippen molar-refractivity contribution in [3.63, 3.8) is 0 Å². The lowest BCUT2D eigenvalue weighted by Gasteiger charge is -2.40. The lowest BCUT2D eigenvalue weighted by atomic mass is 10.00. The van der Waals surface area contributed by atoms with Crippen molar-refractivity contribution in [3.05, 3.63) is 59.8 Å². The van der Waals surface area contributed by atoms with Gasteiger partial charge >= 0.3 is 0 Å². The van der Waals surface area contributed by atoms with Gasteiger partial charge in [0.2, 0.25) is 11.8 Å². The summed E-state index contributed by atoms with van der Waals surface area (Å²) >= 11 is 0. The molecule has 1 unspecified atom stereocenters. The largest absolute Gasteiger partial charge is 0.493 e. The monoisotopic (exact) mass is 561 g/mol. The van der Waals surface area contributed by atoms with Crippen molar-refractivity contribution in [2.45, 2.75) is 57.2 Å². The van der Waals surface area contributed by atoms with Gasteiger partial charge < -0.3 is 30.0 Å². The van der Waals surface area contributed by atoms with Crippen LogP contribution in [0.2, 0.25) is 0 Å². The molecule has 2 fully saturated rings. The lowest BCUT2D eigenvalue weighted by molar-refractivity contribution is -0.129. The number of piperidine rings is 2. The predicted octanol–water partition coefficient (Wildman–Crippen LogP) is 3.48. The maximum atomic E-state index is 13.5. The second-order valence-corrected chi connectivity index (χ2v) is 11.2. The molecule has 9 heteroatoms. The zero-order valence-electron chi connectivity index (χ0n) is 24.3. The first kappa shape index (κ1) is 29.0. The summed E-state index contributed by atoms with van der Waals surface area (Å²) in [6, 6.07) is 13.5. The summed E-state index contributed by atoms with van der Waals surface area (Å²) in [6.45, 7) is 4.85. The van der Waals surface area contributed by atoms with Gasteiger partial charge in [0.25, 0.3) is 0 Å². The average molecular weight is 562 g/mol. The van der Waals surface area contributed by atoms with Crippen LogP contribution in [0.5, 0.6) is 11.5 Å². The van der Waals surface area contributed by atoms with E-state index < -0.39 is 6.04 Å². The first-order valence-corrected chi connectivity index (χ1v) is 14.8. The van der Waals surface area contributed by atoms with Crippen molar-refractivity contribution in [1.82, 2.24) is 25.4 Å². The van der Waals surface area contributed by atoms with E-state index in [0.717, 1.165) is 48.0 Å². The van der Waals surface area contributed by atoms with Gasteiger partial charge in [-0.2, -0.15) is 0 Å². The Morgan fingerprint density at radius 3 is 2.49 bits per heavy atom. The fourth-order valence-electron chi connectivity index (χ4n) is 6.20. The highest BCUT2D eigenvalue weighted by Gasteiger charge is 2.28. The molecule has 41 heavy (non-hydrogen) atoms. The van der Waals surface area contributed by atoms with E-state index in [1.807, 2.05) is 48.7 Å². The van der Waals surface area contributed by atoms with Crippen LogP contribution in [0.25, 0.3) is 10.9 Å². The van der Waals surface area contributed by atoms with E-state index in [9.17, 15) is 9.59 Å². The number of hydrogen-bond acceptors (Lipinski definition) is 6. The number of para-hydroxylation sites is 1. The van der Waals surface area contributed by atoms with Gasteiger partial charge in [-0.05, 0) is 68.1 Å². The highest BCUT2D eigenvalue weighted by Crippen LogP contribution is 2.27. The molecule has 2 aromatic carbocycles. The van der Waals surface area contributed by atoms with Crippen LogP contribution in [0.3, 0.4) is 0 Å². The number of nitrogens with zero attached hydrogens (tertiary/aromatic N) is 2. The van der Waals surface area contributed by atoms with E-state index in [1.54, 1.807) is 14.2 Å². The molecule has 1 atom stereocenters. The number of carbonyl (C=O) groups is 2. The number of nitrogens with one attached hydrogen (secondary N) is 3. The molecule has 9 nitrogen and oxygen atoms in total. The van der Waals surface area contributed by atoms with E-state index >= 15 is 0 Å². The van der Waals surface area contributed by atoms with Crippen LogP contribution in [-0.4, -0.2) is 85.6 Å². The molecule has 220 valence electrons. The molecule has 1 aromatic heterocycles. The van der Waals surface area contributed by atoms with Gasteiger partial charge in [0, 0.05) is 49.2 Å². The summed E-state index contributed by atoms with van der Waals surface area (Å²) in [5, 5.41) is 7.13. The molecular formula is C32H43N5O4. The van der Waals surface area contributed by atoms with E-state index in [1.165, 1.54) is 32.4 Å². The summed E-state index contributed by atoms with van der Waals surface area (Å²) in [5.74, 6) is 0.897. The molecule has 0 saturated carbocycles. The fraction of sp³-hybridized carbons (Fsp3) is 0.500. The summed E-state index contributed by atoms with van der Waals surface area (Å²) in [7, 11) is 3.18. The zero-order chi connectivity index (χ0) is 28.6. The average Bonchev–Trinajstić information content (AvgIpc) is 3.42. The van der Waals surface area contributed by atoms with Crippen molar-refractivity contribution in [2.75, 3.05) is 46.9 Å². The highest BCUT2D eigenvalue weighted by atomic mass is 16.5. The van der Waals surface area contributed by atoms with E-state index in [0.29, 0.717) is 37.1 Å². The van der Waals surface area contributed by atoms with Crippen LogP contribution in [-0.2, 0) is 22.6 Å². The molecular weight excluding hydrogens is 518 g/mol. The van der Waals surface area contributed by atoms with Crippen LogP contribution in [0.1, 0.15) is 43.2 Å². The number of likely N-dealkylation sites (tertiary alicyclic amines) is 2. The van der Waals surface area contributed by atoms with Crippen LogP contribution >= 0.6 is 0 Å². The van der Waals surface area contributed by atoms with Gasteiger partial charge in [0.15, 0.2) is 11.5 Å². The zero-order valence-corrected chi connectivity index (χ0v) is 24.3.